The van der Waals surface area contributed by atoms with Gasteiger partial charge in [0, 0.05) is 24.1 Å². The second kappa shape index (κ2) is 6.04. The smallest absolute Gasteiger partial charge is 0.308 e. The third kappa shape index (κ3) is 3.26. The number of nitrogens with zero attached hydrogens (tertiary/aromatic N) is 4. The summed E-state index contributed by atoms with van der Waals surface area (Å²) in [6, 6.07) is 10.6. The van der Waals surface area contributed by atoms with E-state index in [1.807, 2.05) is 31.2 Å². The SMILES string of the molecule is Cc1ccc(NC(=O)Nc2cc(-n3cccn3)ncn2)cc1. The molecule has 2 heterocycles. The number of benzene rings is 1. The number of aryl methyl sites for hydroxylation is 1. The van der Waals surface area contributed by atoms with E-state index in [0.29, 0.717) is 17.3 Å². The van der Waals surface area contributed by atoms with E-state index in [0.717, 1.165) is 5.56 Å². The van der Waals surface area contributed by atoms with Crippen molar-refractivity contribution in [2.24, 2.45) is 0 Å². The lowest BCUT2D eigenvalue weighted by atomic mass is 10.2. The Morgan fingerprint density at radius 1 is 1.14 bits per heavy atom. The molecule has 0 saturated heterocycles. The third-order valence-electron chi connectivity index (χ3n) is 2.94. The minimum atomic E-state index is -0.367. The highest BCUT2D eigenvalue weighted by Crippen LogP contribution is 2.11. The highest BCUT2D eigenvalue weighted by molar-refractivity contribution is 5.99. The van der Waals surface area contributed by atoms with Crippen molar-refractivity contribution < 1.29 is 4.79 Å². The van der Waals surface area contributed by atoms with Crippen LogP contribution >= 0.6 is 0 Å². The minimum Gasteiger partial charge on any atom is -0.308 e. The first kappa shape index (κ1) is 13.7. The van der Waals surface area contributed by atoms with E-state index in [1.54, 1.807) is 29.2 Å². The standard InChI is InChI=1S/C15H14N6O/c1-11-3-5-12(6-4-11)19-15(22)20-13-9-14(17-10-16-13)21-8-2-7-18-21/h2-10H,1H3,(H2,16,17,19,20,22). The van der Waals surface area contributed by atoms with Gasteiger partial charge in [-0.1, -0.05) is 17.7 Å². The summed E-state index contributed by atoms with van der Waals surface area (Å²) < 4.78 is 1.59. The summed E-state index contributed by atoms with van der Waals surface area (Å²) in [5.74, 6) is 0.968. The van der Waals surface area contributed by atoms with E-state index in [-0.39, 0.29) is 6.03 Å². The molecule has 0 aliphatic rings. The molecule has 1 aromatic carbocycles. The Morgan fingerprint density at radius 3 is 2.68 bits per heavy atom. The van der Waals surface area contributed by atoms with Gasteiger partial charge in [0.05, 0.1) is 0 Å². The van der Waals surface area contributed by atoms with Crippen LogP contribution in [0.5, 0.6) is 0 Å². The second-order valence-electron chi connectivity index (χ2n) is 4.66. The van der Waals surface area contributed by atoms with Crippen LogP contribution in [0.15, 0.2) is 55.1 Å². The van der Waals surface area contributed by atoms with Crippen molar-refractivity contribution in [1.82, 2.24) is 19.7 Å². The Morgan fingerprint density at radius 2 is 1.95 bits per heavy atom. The first-order chi connectivity index (χ1) is 10.7. The van der Waals surface area contributed by atoms with Crippen molar-refractivity contribution in [3.63, 3.8) is 0 Å². The fourth-order valence-corrected chi connectivity index (χ4v) is 1.86. The molecule has 0 bridgehead atoms. The molecule has 0 spiro atoms. The number of nitrogens with one attached hydrogen (secondary N) is 2. The summed E-state index contributed by atoms with van der Waals surface area (Å²) in [4.78, 5) is 20.1. The van der Waals surface area contributed by atoms with E-state index in [2.05, 4.69) is 25.7 Å². The van der Waals surface area contributed by atoms with Gasteiger partial charge in [0.2, 0.25) is 0 Å². The predicted octanol–water partition coefficient (Wildman–Crippen LogP) is 2.61. The largest absolute Gasteiger partial charge is 0.324 e. The van der Waals surface area contributed by atoms with Gasteiger partial charge in [-0.15, -0.1) is 0 Å². The summed E-state index contributed by atoms with van der Waals surface area (Å²) in [5.41, 5.74) is 1.84. The molecule has 110 valence electrons. The Labute approximate surface area is 127 Å². The Balaban J connectivity index is 1.69. The number of amides is 2. The second-order valence-corrected chi connectivity index (χ2v) is 4.66. The van der Waals surface area contributed by atoms with Gasteiger partial charge in [0.25, 0.3) is 0 Å². The van der Waals surface area contributed by atoms with Gasteiger partial charge < -0.3 is 5.32 Å². The molecular formula is C15H14N6O. The van der Waals surface area contributed by atoms with Crippen LogP contribution in [0.3, 0.4) is 0 Å². The third-order valence-corrected chi connectivity index (χ3v) is 2.94. The van der Waals surface area contributed by atoms with Gasteiger partial charge in [0.15, 0.2) is 5.82 Å². The maximum Gasteiger partial charge on any atom is 0.324 e. The van der Waals surface area contributed by atoms with Crippen LogP contribution < -0.4 is 10.6 Å². The van der Waals surface area contributed by atoms with Crippen LogP contribution in [0, 0.1) is 6.92 Å². The molecular weight excluding hydrogens is 280 g/mol. The fraction of sp³-hybridized carbons (Fsp3) is 0.0667. The highest BCUT2D eigenvalue weighted by atomic mass is 16.2. The molecule has 0 fully saturated rings. The molecule has 0 unspecified atom stereocenters. The average molecular weight is 294 g/mol. The molecule has 0 radical (unpaired) electrons. The van der Waals surface area contributed by atoms with Crippen LogP contribution in [-0.4, -0.2) is 25.8 Å². The number of aromatic nitrogens is 4. The monoisotopic (exact) mass is 294 g/mol. The zero-order chi connectivity index (χ0) is 15.4. The molecule has 2 amide bonds. The van der Waals surface area contributed by atoms with Gasteiger partial charge in [0.1, 0.15) is 12.1 Å². The zero-order valence-corrected chi connectivity index (χ0v) is 11.9. The molecule has 0 aliphatic carbocycles. The summed E-state index contributed by atoms with van der Waals surface area (Å²) in [5, 5.41) is 9.48. The summed E-state index contributed by atoms with van der Waals surface area (Å²) in [6.45, 7) is 1.99. The van der Waals surface area contributed by atoms with E-state index in [9.17, 15) is 4.79 Å². The molecule has 0 saturated carbocycles. The van der Waals surface area contributed by atoms with Crippen molar-refractivity contribution in [2.45, 2.75) is 6.92 Å². The van der Waals surface area contributed by atoms with E-state index in [4.69, 9.17) is 0 Å². The predicted molar refractivity (Wildman–Crippen MR) is 83.0 cm³/mol. The summed E-state index contributed by atoms with van der Waals surface area (Å²) in [6.07, 6.45) is 4.79. The quantitative estimate of drug-likeness (QED) is 0.777. The Kier molecular flexibility index (Phi) is 3.78. The normalized spacial score (nSPS) is 10.2. The van der Waals surface area contributed by atoms with E-state index >= 15 is 0 Å². The number of carbonyl (C=O) groups is 1. The lowest BCUT2D eigenvalue weighted by Crippen LogP contribution is -2.20. The van der Waals surface area contributed by atoms with Crippen molar-refractivity contribution in [3.8, 4) is 5.82 Å². The number of rotatable bonds is 3. The van der Waals surface area contributed by atoms with Gasteiger partial charge >= 0.3 is 6.03 Å². The molecule has 3 aromatic rings. The van der Waals surface area contributed by atoms with E-state index < -0.39 is 0 Å². The molecule has 7 heteroatoms. The summed E-state index contributed by atoms with van der Waals surface area (Å²) >= 11 is 0. The molecule has 2 N–H and O–H groups in total. The Bertz CT molecular complexity index is 767. The van der Waals surface area contributed by atoms with E-state index in [1.165, 1.54) is 6.33 Å². The number of urea groups is 1. The fourth-order valence-electron chi connectivity index (χ4n) is 1.86. The molecule has 7 nitrogen and oxygen atoms in total. The number of anilines is 2. The topological polar surface area (TPSA) is 84.7 Å². The minimum absolute atomic E-state index is 0.367. The maximum atomic E-state index is 12.0. The van der Waals surface area contributed by atoms with Crippen molar-refractivity contribution in [3.05, 3.63) is 60.7 Å². The van der Waals surface area contributed by atoms with Crippen LogP contribution in [0.2, 0.25) is 0 Å². The molecule has 22 heavy (non-hydrogen) atoms. The molecule has 0 atom stereocenters. The van der Waals surface area contributed by atoms with Gasteiger partial charge in [-0.25, -0.2) is 19.4 Å². The first-order valence-corrected chi connectivity index (χ1v) is 6.67. The van der Waals surface area contributed by atoms with Gasteiger partial charge in [-0.05, 0) is 25.1 Å². The van der Waals surface area contributed by atoms with Crippen LogP contribution in [0.4, 0.5) is 16.3 Å². The first-order valence-electron chi connectivity index (χ1n) is 6.67. The lowest BCUT2D eigenvalue weighted by molar-refractivity contribution is 0.262. The van der Waals surface area contributed by atoms with Crippen LogP contribution in [0.25, 0.3) is 5.82 Å². The van der Waals surface area contributed by atoms with Crippen LogP contribution in [-0.2, 0) is 0 Å². The molecule has 3 rings (SSSR count). The number of hydrogen-bond acceptors (Lipinski definition) is 4. The average Bonchev–Trinajstić information content (AvgIpc) is 3.04. The van der Waals surface area contributed by atoms with Crippen LogP contribution in [0.1, 0.15) is 5.56 Å². The number of carbonyl (C=O) groups excluding carboxylic acids is 1. The lowest BCUT2D eigenvalue weighted by Gasteiger charge is -2.08. The maximum absolute atomic E-state index is 12.0. The molecule has 2 aromatic heterocycles. The van der Waals surface area contributed by atoms with Crippen molar-refractivity contribution in [2.75, 3.05) is 10.6 Å². The summed E-state index contributed by atoms with van der Waals surface area (Å²) in [7, 11) is 0. The molecule has 0 aliphatic heterocycles. The number of hydrogen-bond donors (Lipinski definition) is 2. The van der Waals surface area contributed by atoms with Gasteiger partial charge in [-0.3, -0.25) is 5.32 Å². The van der Waals surface area contributed by atoms with Crippen molar-refractivity contribution >= 4 is 17.5 Å². The van der Waals surface area contributed by atoms with Gasteiger partial charge in [-0.2, -0.15) is 5.10 Å². The van der Waals surface area contributed by atoms with Crippen molar-refractivity contribution in [1.29, 1.82) is 0 Å². The zero-order valence-electron chi connectivity index (χ0n) is 11.9. The Hall–Kier alpha value is -3.22. The highest BCUT2D eigenvalue weighted by Gasteiger charge is 2.06.